The third-order valence-electron chi connectivity index (χ3n) is 5.44. The summed E-state index contributed by atoms with van der Waals surface area (Å²) in [7, 11) is 2.88. The van der Waals surface area contributed by atoms with Crippen molar-refractivity contribution in [3.8, 4) is 0 Å². The van der Waals surface area contributed by atoms with Crippen LogP contribution in [0.2, 0.25) is 0 Å². The maximum absolute atomic E-state index is 13.2. The molecule has 0 saturated heterocycles. The highest BCUT2D eigenvalue weighted by molar-refractivity contribution is 6.06. The first-order valence-corrected chi connectivity index (χ1v) is 9.44. The molecule has 1 aromatic rings. The van der Waals surface area contributed by atoms with Crippen LogP contribution in [-0.2, 0) is 14.3 Å². The van der Waals surface area contributed by atoms with E-state index in [1.807, 2.05) is 0 Å². The summed E-state index contributed by atoms with van der Waals surface area (Å²) in [6.07, 6.45) is 3.85. The number of Topliss-reactive ketones (excluding diaryl/α,β-unsaturated/α-hetero) is 1. The number of hydrogen-bond donors (Lipinski definition) is 1. The Balaban J connectivity index is 2.30. The van der Waals surface area contributed by atoms with Gasteiger partial charge in [-0.25, -0.2) is 4.79 Å². The van der Waals surface area contributed by atoms with E-state index in [4.69, 9.17) is 9.47 Å². The van der Waals surface area contributed by atoms with Crippen molar-refractivity contribution in [2.45, 2.75) is 52.5 Å². The lowest BCUT2D eigenvalue weighted by Crippen LogP contribution is -2.47. The number of amides is 1. The number of carbonyl (C=O) groups is 3. The van der Waals surface area contributed by atoms with Crippen LogP contribution in [-0.4, -0.2) is 61.0 Å². The SMILES string of the molecule is COCCN(C(=O)C1CCCC1)C(C)C(=O)c1c(C)[nH]c(C(=O)OC)c1C. The molecule has 150 valence electrons. The molecule has 1 aliphatic rings. The summed E-state index contributed by atoms with van der Waals surface area (Å²) in [4.78, 5) is 42.7. The van der Waals surface area contributed by atoms with Gasteiger partial charge in [0.25, 0.3) is 0 Å². The first-order chi connectivity index (χ1) is 12.8. The lowest BCUT2D eigenvalue weighted by Gasteiger charge is -2.30. The van der Waals surface area contributed by atoms with Crippen LogP contribution in [0.1, 0.15) is 64.7 Å². The molecule has 7 nitrogen and oxygen atoms in total. The Morgan fingerprint density at radius 1 is 1.19 bits per heavy atom. The molecule has 2 rings (SSSR count). The van der Waals surface area contributed by atoms with Gasteiger partial charge < -0.3 is 19.4 Å². The fourth-order valence-electron chi connectivity index (χ4n) is 3.87. The van der Waals surface area contributed by atoms with Gasteiger partial charge in [0, 0.05) is 30.8 Å². The van der Waals surface area contributed by atoms with E-state index in [1.165, 1.54) is 7.11 Å². The lowest BCUT2D eigenvalue weighted by molar-refractivity contribution is -0.137. The minimum absolute atomic E-state index is 0.0174. The first kappa shape index (κ1) is 21.2. The molecule has 0 aromatic carbocycles. The normalized spacial score (nSPS) is 15.6. The van der Waals surface area contributed by atoms with Gasteiger partial charge in [0.05, 0.1) is 19.8 Å². The minimum Gasteiger partial charge on any atom is -0.464 e. The Morgan fingerprint density at radius 3 is 2.37 bits per heavy atom. The summed E-state index contributed by atoms with van der Waals surface area (Å²) in [6.45, 7) is 5.94. The number of ketones is 1. The van der Waals surface area contributed by atoms with Crippen molar-refractivity contribution in [2.75, 3.05) is 27.4 Å². The summed E-state index contributed by atoms with van der Waals surface area (Å²) >= 11 is 0. The van der Waals surface area contributed by atoms with Gasteiger partial charge in [0.2, 0.25) is 5.91 Å². The highest BCUT2D eigenvalue weighted by Gasteiger charge is 2.34. The van der Waals surface area contributed by atoms with Crippen molar-refractivity contribution in [3.05, 3.63) is 22.5 Å². The number of aromatic amines is 1. The number of aryl methyl sites for hydroxylation is 1. The number of esters is 1. The predicted octanol–water partition coefficient (Wildman–Crippen LogP) is 2.65. The molecule has 0 radical (unpaired) electrons. The number of nitrogens with one attached hydrogen (secondary N) is 1. The van der Waals surface area contributed by atoms with Crippen LogP contribution >= 0.6 is 0 Å². The van der Waals surface area contributed by atoms with E-state index in [-0.39, 0.29) is 23.3 Å². The number of ether oxygens (including phenoxy) is 2. The maximum Gasteiger partial charge on any atom is 0.354 e. The van der Waals surface area contributed by atoms with Gasteiger partial charge in [0.1, 0.15) is 5.69 Å². The molecule has 1 atom stereocenters. The van der Waals surface area contributed by atoms with Crippen LogP contribution in [0.3, 0.4) is 0 Å². The molecule has 27 heavy (non-hydrogen) atoms. The fraction of sp³-hybridized carbons (Fsp3) is 0.650. The standard InChI is InChI=1S/C20H30N2O5/c1-12-16(13(2)21-17(12)20(25)27-5)18(23)14(3)22(10-11-26-4)19(24)15-8-6-7-9-15/h14-15,21H,6-11H2,1-5H3. The van der Waals surface area contributed by atoms with Gasteiger partial charge in [-0.15, -0.1) is 0 Å². The second kappa shape index (κ2) is 9.17. The first-order valence-electron chi connectivity index (χ1n) is 9.44. The number of methoxy groups -OCH3 is 2. The third-order valence-corrected chi connectivity index (χ3v) is 5.44. The van der Waals surface area contributed by atoms with E-state index in [1.54, 1.807) is 32.8 Å². The molecular weight excluding hydrogens is 348 g/mol. The van der Waals surface area contributed by atoms with Crippen molar-refractivity contribution >= 4 is 17.7 Å². The quantitative estimate of drug-likeness (QED) is 0.555. The van der Waals surface area contributed by atoms with Crippen molar-refractivity contribution in [3.63, 3.8) is 0 Å². The molecule has 0 spiro atoms. The predicted molar refractivity (Wildman–Crippen MR) is 101 cm³/mol. The average Bonchev–Trinajstić information content (AvgIpc) is 3.28. The molecule has 1 N–H and O–H groups in total. The minimum atomic E-state index is -0.632. The Kier molecular flexibility index (Phi) is 7.18. The smallest absolute Gasteiger partial charge is 0.354 e. The summed E-state index contributed by atoms with van der Waals surface area (Å²) in [5.41, 5.74) is 1.88. The average molecular weight is 378 g/mol. The summed E-state index contributed by atoms with van der Waals surface area (Å²) in [5, 5.41) is 0. The molecule has 7 heteroatoms. The fourth-order valence-corrected chi connectivity index (χ4v) is 3.87. The van der Waals surface area contributed by atoms with Crippen LogP contribution in [0.15, 0.2) is 0 Å². The van der Waals surface area contributed by atoms with Crippen LogP contribution in [0.4, 0.5) is 0 Å². The molecule has 1 aliphatic carbocycles. The summed E-state index contributed by atoms with van der Waals surface area (Å²) in [5.74, 6) is -0.694. The van der Waals surface area contributed by atoms with Gasteiger partial charge in [-0.05, 0) is 39.2 Å². The van der Waals surface area contributed by atoms with E-state index in [0.717, 1.165) is 25.7 Å². The van der Waals surface area contributed by atoms with E-state index >= 15 is 0 Å². The van der Waals surface area contributed by atoms with Gasteiger partial charge in [-0.1, -0.05) is 12.8 Å². The van der Waals surface area contributed by atoms with Gasteiger partial charge in [-0.3, -0.25) is 9.59 Å². The summed E-state index contributed by atoms with van der Waals surface area (Å²) < 4.78 is 9.92. The number of carbonyl (C=O) groups excluding carboxylic acids is 3. The third kappa shape index (κ3) is 4.40. The van der Waals surface area contributed by atoms with Crippen LogP contribution in [0, 0.1) is 19.8 Å². The molecule has 1 unspecified atom stereocenters. The molecule has 1 heterocycles. The zero-order valence-electron chi connectivity index (χ0n) is 16.9. The maximum atomic E-state index is 13.2. The number of H-pyrrole nitrogens is 1. The molecule has 0 aliphatic heterocycles. The Bertz CT molecular complexity index is 703. The van der Waals surface area contributed by atoms with Gasteiger partial charge >= 0.3 is 5.97 Å². The largest absolute Gasteiger partial charge is 0.464 e. The molecule has 1 amide bonds. The second-order valence-corrected chi connectivity index (χ2v) is 7.16. The highest BCUT2D eigenvalue weighted by Crippen LogP contribution is 2.28. The van der Waals surface area contributed by atoms with Crippen molar-refractivity contribution < 1.29 is 23.9 Å². The van der Waals surface area contributed by atoms with Crippen molar-refractivity contribution in [1.82, 2.24) is 9.88 Å². The zero-order chi connectivity index (χ0) is 20.1. The molecule has 1 fully saturated rings. The van der Waals surface area contributed by atoms with Crippen LogP contribution in [0.5, 0.6) is 0 Å². The van der Waals surface area contributed by atoms with E-state index in [0.29, 0.717) is 30.0 Å². The van der Waals surface area contributed by atoms with Crippen molar-refractivity contribution in [1.29, 1.82) is 0 Å². The van der Waals surface area contributed by atoms with Crippen LogP contribution in [0.25, 0.3) is 0 Å². The van der Waals surface area contributed by atoms with Crippen LogP contribution < -0.4 is 0 Å². The second-order valence-electron chi connectivity index (χ2n) is 7.16. The topological polar surface area (TPSA) is 88.7 Å². The van der Waals surface area contributed by atoms with Gasteiger partial charge in [-0.2, -0.15) is 0 Å². The van der Waals surface area contributed by atoms with Gasteiger partial charge in [0.15, 0.2) is 5.78 Å². The number of nitrogens with zero attached hydrogens (tertiary/aromatic N) is 1. The van der Waals surface area contributed by atoms with E-state index in [2.05, 4.69) is 4.98 Å². The number of aromatic nitrogens is 1. The molecule has 1 saturated carbocycles. The van der Waals surface area contributed by atoms with E-state index in [9.17, 15) is 14.4 Å². The lowest BCUT2D eigenvalue weighted by atomic mass is 9.98. The molecular formula is C20H30N2O5. The molecule has 1 aromatic heterocycles. The Hall–Kier alpha value is -2.15. The molecule has 0 bridgehead atoms. The highest BCUT2D eigenvalue weighted by atomic mass is 16.5. The monoisotopic (exact) mass is 378 g/mol. The number of hydrogen-bond acceptors (Lipinski definition) is 5. The number of rotatable bonds is 8. The van der Waals surface area contributed by atoms with Crippen molar-refractivity contribution in [2.24, 2.45) is 5.92 Å². The van der Waals surface area contributed by atoms with E-state index < -0.39 is 12.0 Å². The summed E-state index contributed by atoms with van der Waals surface area (Å²) in [6, 6.07) is -0.632. The Morgan fingerprint density at radius 2 is 1.81 bits per heavy atom. The Labute approximate surface area is 160 Å². The zero-order valence-corrected chi connectivity index (χ0v) is 16.9.